The van der Waals surface area contributed by atoms with Crippen molar-refractivity contribution in [3.63, 3.8) is 0 Å². The van der Waals surface area contributed by atoms with E-state index in [0.717, 1.165) is 24.6 Å². The van der Waals surface area contributed by atoms with E-state index in [1.165, 1.54) is 0 Å². The number of hydrogen-bond donors (Lipinski definition) is 2. The second-order valence-electron chi connectivity index (χ2n) is 4.87. The molecule has 0 aromatic carbocycles. The van der Waals surface area contributed by atoms with Gasteiger partial charge in [-0.2, -0.15) is 0 Å². The third-order valence-corrected chi connectivity index (χ3v) is 3.24. The summed E-state index contributed by atoms with van der Waals surface area (Å²) < 4.78 is 7.48. The Bertz CT molecular complexity index is 479. The van der Waals surface area contributed by atoms with Crippen molar-refractivity contribution in [2.24, 2.45) is 13.0 Å². The molecule has 2 atom stereocenters. The molecule has 104 valence electrons. The SMILES string of the molecule is CC(CCO)CNC(c1ccco1)c1nccn1C. The molecule has 0 spiro atoms. The average Bonchev–Trinajstić information content (AvgIpc) is 3.03. The number of nitrogens with zero attached hydrogens (tertiary/aromatic N) is 2. The molecule has 19 heavy (non-hydrogen) atoms. The van der Waals surface area contributed by atoms with E-state index in [1.807, 2.05) is 29.9 Å². The van der Waals surface area contributed by atoms with Crippen LogP contribution in [0.1, 0.15) is 31.0 Å². The van der Waals surface area contributed by atoms with Crippen LogP contribution >= 0.6 is 0 Å². The number of rotatable bonds is 7. The fraction of sp³-hybridized carbons (Fsp3) is 0.500. The standard InChI is InChI=1S/C14H21N3O2/c1-11(5-8-18)10-16-13(12-4-3-9-19-12)14-15-6-7-17(14)2/h3-4,6-7,9,11,13,16,18H,5,8,10H2,1-2H3. The molecule has 0 aliphatic heterocycles. The van der Waals surface area contributed by atoms with Gasteiger partial charge in [0.15, 0.2) is 0 Å². The predicted octanol–water partition coefficient (Wildman–Crippen LogP) is 1.71. The van der Waals surface area contributed by atoms with Crippen molar-refractivity contribution < 1.29 is 9.52 Å². The van der Waals surface area contributed by atoms with Crippen LogP contribution in [0, 0.1) is 5.92 Å². The Morgan fingerprint density at radius 3 is 2.95 bits per heavy atom. The highest BCUT2D eigenvalue weighted by atomic mass is 16.3. The van der Waals surface area contributed by atoms with Gasteiger partial charge in [0.2, 0.25) is 0 Å². The fourth-order valence-corrected chi connectivity index (χ4v) is 2.07. The Morgan fingerprint density at radius 2 is 2.37 bits per heavy atom. The number of aromatic nitrogens is 2. The topological polar surface area (TPSA) is 63.2 Å². The Kier molecular flexibility index (Phi) is 4.76. The first-order chi connectivity index (χ1) is 9.22. The molecule has 0 fully saturated rings. The Labute approximate surface area is 113 Å². The summed E-state index contributed by atoms with van der Waals surface area (Å²) in [5.74, 6) is 2.18. The van der Waals surface area contributed by atoms with E-state index in [2.05, 4.69) is 17.2 Å². The smallest absolute Gasteiger partial charge is 0.133 e. The molecule has 0 aliphatic rings. The summed E-state index contributed by atoms with van der Waals surface area (Å²) in [5, 5.41) is 12.4. The van der Waals surface area contributed by atoms with Gasteiger partial charge in [-0.1, -0.05) is 6.92 Å². The number of hydrogen-bond acceptors (Lipinski definition) is 4. The molecule has 2 aromatic heterocycles. The highest BCUT2D eigenvalue weighted by Crippen LogP contribution is 2.21. The highest BCUT2D eigenvalue weighted by Gasteiger charge is 2.20. The zero-order valence-corrected chi connectivity index (χ0v) is 11.4. The number of aryl methyl sites for hydroxylation is 1. The fourth-order valence-electron chi connectivity index (χ4n) is 2.07. The Morgan fingerprint density at radius 1 is 1.53 bits per heavy atom. The normalized spacial score (nSPS) is 14.5. The van der Waals surface area contributed by atoms with Gasteiger partial charge in [-0.15, -0.1) is 0 Å². The van der Waals surface area contributed by atoms with Gasteiger partial charge in [0, 0.05) is 26.0 Å². The first-order valence-electron chi connectivity index (χ1n) is 6.57. The van der Waals surface area contributed by atoms with Crippen LogP contribution < -0.4 is 5.32 Å². The van der Waals surface area contributed by atoms with Crippen molar-refractivity contribution in [1.29, 1.82) is 0 Å². The van der Waals surface area contributed by atoms with Crippen LogP contribution in [0.3, 0.4) is 0 Å². The van der Waals surface area contributed by atoms with Crippen LogP contribution in [0.5, 0.6) is 0 Å². The van der Waals surface area contributed by atoms with Crippen molar-refractivity contribution >= 4 is 0 Å². The maximum atomic E-state index is 8.95. The molecule has 0 amide bonds. The van der Waals surface area contributed by atoms with Crippen LogP contribution in [-0.2, 0) is 7.05 Å². The molecule has 0 bridgehead atoms. The Hall–Kier alpha value is -1.59. The maximum absolute atomic E-state index is 8.95. The molecule has 2 aromatic rings. The molecular weight excluding hydrogens is 242 g/mol. The number of imidazole rings is 1. The van der Waals surface area contributed by atoms with Crippen LogP contribution in [0.2, 0.25) is 0 Å². The van der Waals surface area contributed by atoms with E-state index in [9.17, 15) is 0 Å². The van der Waals surface area contributed by atoms with Crippen molar-refractivity contribution in [2.45, 2.75) is 19.4 Å². The van der Waals surface area contributed by atoms with Crippen LogP contribution in [0.25, 0.3) is 0 Å². The van der Waals surface area contributed by atoms with Gasteiger partial charge < -0.3 is 19.4 Å². The van der Waals surface area contributed by atoms with Gasteiger partial charge in [-0.3, -0.25) is 0 Å². The summed E-state index contributed by atoms with van der Waals surface area (Å²) in [5.41, 5.74) is 0. The first kappa shape index (κ1) is 13.8. The third-order valence-electron chi connectivity index (χ3n) is 3.24. The van der Waals surface area contributed by atoms with Gasteiger partial charge in [0.05, 0.1) is 6.26 Å². The van der Waals surface area contributed by atoms with Crippen LogP contribution in [0.4, 0.5) is 0 Å². The highest BCUT2D eigenvalue weighted by molar-refractivity contribution is 5.15. The molecule has 0 saturated carbocycles. The lowest BCUT2D eigenvalue weighted by atomic mass is 10.1. The van der Waals surface area contributed by atoms with Crippen molar-refractivity contribution in [3.05, 3.63) is 42.4 Å². The number of aliphatic hydroxyl groups excluding tert-OH is 1. The van der Waals surface area contributed by atoms with E-state index in [0.29, 0.717) is 5.92 Å². The van der Waals surface area contributed by atoms with Gasteiger partial charge in [0.1, 0.15) is 17.6 Å². The monoisotopic (exact) mass is 263 g/mol. The molecule has 0 aliphatic carbocycles. The number of furan rings is 1. The second kappa shape index (κ2) is 6.54. The zero-order chi connectivity index (χ0) is 13.7. The first-order valence-corrected chi connectivity index (χ1v) is 6.57. The zero-order valence-electron chi connectivity index (χ0n) is 11.4. The van der Waals surface area contributed by atoms with Gasteiger partial charge in [0.25, 0.3) is 0 Å². The minimum absolute atomic E-state index is 0.0591. The summed E-state index contributed by atoms with van der Waals surface area (Å²) in [6, 6.07) is 3.77. The van der Waals surface area contributed by atoms with Crippen molar-refractivity contribution in [2.75, 3.05) is 13.2 Å². The van der Waals surface area contributed by atoms with Gasteiger partial charge in [-0.25, -0.2) is 4.98 Å². The maximum Gasteiger partial charge on any atom is 0.133 e. The minimum atomic E-state index is -0.0591. The molecular formula is C14H21N3O2. The molecule has 0 radical (unpaired) electrons. The number of aliphatic hydroxyl groups is 1. The molecule has 2 N–H and O–H groups in total. The average molecular weight is 263 g/mol. The molecule has 2 rings (SSSR count). The quantitative estimate of drug-likeness (QED) is 0.798. The lowest BCUT2D eigenvalue weighted by Crippen LogP contribution is -2.29. The summed E-state index contributed by atoms with van der Waals surface area (Å²) in [7, 11) is 1.97. The predicted molar refractivity (Wildman–Crippen MR) is 72.6 cm³/mol. The van der Waals surface area contributed by atoms with E-state index < -0.39 is 0 Å². The van der Waals surface area contributed by atoms with E-state index in [-0.39, 0.29) is 12.6 Å². The molecule has 5 nitrogen and oxygen atoms in total. The summed E-state index contributed by atoms with van der Waals surface area (Å²) in [6.07, 6.45) is 6.16. The summed E-state index contributed by atoms with van der Waals surface area (Å²) in [4.78, 5) is 4.39. The Balaban J connectivity index is 2.10. The molecule has 2 unspecified atom stereocenters. The molecule has 2 heterocycles. The van der Waals surface area contributed by atoms with E-state index in [1.54, 1.807) is 12.5 Å². The summed E-state index contributed by atoms with van der Waals surface area (Å²) in [6.45, 7) is 3.14. The minimum Gasteiger partial charge on any atom is -0.467 e. The second-order valence-corrected chi connectivity index (χ2v) is 4.87. The van der Waals surface area contributed by atoms with Gasteiger partial charge in [-0.05, 0) is 31.0 Å². The van der Waals surface area contributed by atoms with Crippen molar-refractivity contribution in [3.8, 4) is 0 Å². The lowest BCUT2D eigenvalue weighted by Gasteiger charge is -2.19. The third kappa shape index (κ3) is 3.45. The van der Waals surface area contributed by atoms with Crippen LogP contribution in [-0.4, -0.2) is 27.8 Å². The lowest BCUT2D eigenvalue weighted by molar-refractivity contribution is 0.257. The van der Waals surface area contributed by atoms with Crippen LogP contribution in [0.15, 0.2) is 35.2 Å². The largest absolute Gasteiger partial charge is 0.467 e. The number of nitrogens with one attached hydrogen (secondary N) is 1. The molecule has 0 saturated heterocycles. The van der Waals surface area contributed by atoms with E-state index in [4.69, 9.17) is 9.52 Å². The van der Waals surface area contributed by atoms with Gasteiger partial charge >= 0.3 is 0 Å². The van der Waals surface area contributed by atoms with Crippen molar-refractivity contribution in [1.82, 2.24) is 14.9 Å². The van der Waals surface area contributed by atoms with E-state index >= 15 is 0 Å². The summed E-state index contributed by atoms with van der Waals surface area (Å²) >= 11 is 0. The molecule has 5 heteroatoms.